The number of ether oxygens (including phenoxy) is 3. The molecule has 2 aromatic carbocycles. The highest BCUT2D eigenvalue weighted by atomic mass is 16.6. The van der Waals surface area contributed by atoms with E-state index in [0.29, 0.717) is 22.9 Å². The van der Waals surface area contributed by atoms with E-state index < -0.39 is 0 Å². The number of nitrogens with zero attached hydrogens (tertiary/aromatic N) is 2. The maximum atomic E-state index is 12.8. The molecule has 0 bridgehead atoms. The topological polar surface area (TPSA) is 83.7 Å². The highest BCUT2D eigenvalue weighted by Gasteiger charge is 2.28. The van der Waals surface area contributed by atoms with Gasteiger partial charge < -0.3 is 18.7 Å². The van der Waals surface area contributed by atoms with Crippen LogP contribution in [0.3, 0.4) is 0 Å². The second kappa shape index (κ2) is 9.91. The second-order valence-electron chi connectivity index (χ2n) is 6.96. The maximum absolute atomic E-state index is 12.8. The average Bonchev–Trinajstić information content (AvgIpc) is 3.26. The molecule has 158 valence electrons. The molecule has 0 aliphatic rings. The largest absolute Gasteiger partial charge is 0.497 e. The highest BCUT2D eigenvalue weighted by Crippen LogP contribution is 2.32. The fraction of sp³-hybridized carbons (Fsp3) is 0.348. The molecular weight excluding hydrogens is 384 g/mol. The van der Waals surface area contributed by atoms with Crippen molar-refractivity contribution in [3.63, 3.8) is 0 Å². The molecule has 0 amide bonds. The van der Waals surface area contributed by atoms with Crippen molar-refractivity contribution >= 4 is 5.97 Å². The van der Waals surface area contributed by atoms with Gasteiger partial charge in [-0.05, 0) is 23.6 Å². The number of aromatic nitrogens is 2. The van der Waals surface area contributed by atoms with Gasteiger partial charge in [-0.2, -0.15) is 4.98 Å². The van der Waals surface area contributed by atoms with Gasteiger partial charge in [0.05, 0.1) is 25.7 Å². The molecule has 0 fully saturated rings. The predicted octanol–water partition coefficient (Wildman–Crippen LogP) is 4.63. The summed E-state index contributed by atoms with van der Waals surface area (Å²) in [4.78, 5) is 17.2. The van der Waals surface area contributed by atoms with Crippen molar-refractivity contribution in [1.29, 1.82) is 0 Å². The first-order valence-electron chi connectivity index (χ1n) is 9.83. The van der Waals surface area contributed by atoms with Crippen molar-refractivity contribution in [2.24, 2.45) is 5.92 Å². The van der Waals surface area contributed by atoms with Gasteiger partial charge in [0.2, 0.25) is 5.82 Å². The first kappa shape index (κ1) is 21.4. The lowest BCUT2D eigenvalue weighted by atomic mass is 9.86. The number of carbonyl (C=O) groups is 1. The van der Waals surface area contributed by atoms with E-state index >= 15 is 0 Å². The van der Waals surface area contributed by atoms with Crippen LogP contribution >= 0.6 is 0 Å². The summed E-state index contributed by atoms with van der Waals surface area (Å²) in [5, 5.41) is 3.98. The number of esters is 1. The lowest BCUT2D eigenvalue weighted by Gasteiger charge is -2.21. The quantitative estimate of drug-likeness (QED) is 0.476. The van der Waals surface area contributed by atoms with Gasteiger partial charge >= 0.3 is 5.97 Å². The Labute approximate surface area is 176 Å². The molecule has 1 aromatic heterocycles. The molecule has 0 radical (unpaired) electrons. The Morgan fingerprint density at radius 1 is 1.10 bits per heavy atom. The van der Waals surface area contributed by atoms with Gasteiger partial charge in [0.25, 0.3) is 5.89 Å². The van der Waals surface area contributed by atoms with E-state index in [1.807, 2.05) is 37.3 Å². The second-order valence-corrected chi connectivity index (χ2v) is 6.96. The fourth-order valence-electron chi connectivity index (χ4n) is 3.22. The number of hydrogen-bond donors (Lipinski definition) is 0. The first-order valence-corrected chi connectivity index (χ1v) is 9.83. The molecule has 1 heterocycles. The van der Waals surface area contributed by atoms with Crippen LogP contribution in [0.25, 0.3) is 11.4 Å². The van der Waals surface area contributed by atoms with Crippen molar-refractivity contribution in [3.8, 4) is 22.9 Å². The van der Waals surface area contributed by atoms with Crippen LogP contribution in [0.5, 0.6) is 11.5 Å². The smallest absolute Gasteiger partial charge is 0.314 e. The SMILES string of the molecule is CC[C@H](C)[C@H](C(=O)OCc1nc(-c2ccc(OC)cc2OC)no1)c1ccccc1. The van der Waals surface area contributed by atoms with E-state index in [2.05, 4.69) is 17.1 Å². The molecule has 0 aliphatic heterocycles. The van der Waals surface area contributed by atoms with Gasteiger partial charge in [-0.15, -0.1) is 0 Å². The zero-order valence-corrected chi connectivity index (χ0v) is 17.6. The zero-order chi connectivity index (χ0) is 21.5. The Kier molecular flexibility index (Phi) is 7.06. The average molecular weight is 410 g/mol. The summed E-state index contributed by atoms with van der Waals surface area (Å²) in [5.74, 6) is 1.26. The maximum Gasteiger partial charge on any atom is 0.314 e. The van der Waals surface area contributed by atoms with Gasteiger partial charge in [0.1, 0.15) is 11.5 Å². The monoisotopic (exact) mass is 410 g/mol. The summed E-state index contributed by atoms with van der Waals surface area (Å²) in [6.45, 7) is 4.00. The Bertz CT molecular complexity index is 971. The molecule has 0 N–H and O–H groups in total. The summed E-state index contributed by atoms with van der Waals surface area (Å²) < 4.78 is 21.4. The van der Waals surface area contributed by atoms with E-state index in [9.17, 15) is 4.79 Å². The molecule has 3 aromatic rings. The molecule has 7 heteroatoms. The highest BCUT2D eigenvalue weighted by molar-refractivity contribution is 5.78. The number of benzene rings is 2. The van der Waals surface area contributed by atoms with Crippen LogP contribution in [0, 0.1) is 5.92 Å². The minimum Gasteiger partial charge on any atom is -0.497 e. The standard InChI is InChI=1S/C23H26N2O5/c1-5-15(2)21(16-9-7-6-8-10-16)23(26)29-14-20-24-22(25-30-20)18-12-11-17(27-3)13-19(18)28-4/h6-13,15,21H,5,14H2,1-4H3/t15-,21-/m0/s1. The normalized spacial score (nSPS) is 12.8. The zero-order valence-electron chi connectivity index (χ0n) is 17.6. The summed E-state index contributed by atoms with van der Waals surface area (Å²) in [7, 11) is 3.14. The van der Waals surface area contributed by atoms with Crippen LogP contribution in [-0.4, -0.2) is 30.3 Å². The third kappa shape index (κ3) is 4.79. The molecule has 0 saturated heterocycles. The number of rotatable bonds is 9. The Morgan fingerprint density at radius 2 is 1.87 bits per heavy atom. The van der Waals surface area contributed by atoms with Gasteiger partial charge in [-0.25, -0.2) is 0 Å². The lowest BCUT2D eigenvalue weighted by Crippen LogP contribution is -2.22. The predicted molar refractivity (Wildman–Crippen MR) is 111 cm³/mol. The molecule has 3 rings (SSSR count). The van der Waals surface area contributed by atoms with Gasteiger partial charge in [-0.1, -0.05) is 55.8 Å². The third-order valence-electron chi connectivity index (χ3n) is 5.08. The number of carbonyl (C=O) groups excluding carboxylic acids is 1. The van der Waals surface area contributed by atoms with E-state index in [-0.39, 0.29) is 30.3 Å². The Balaban J connectivity index is 1.72. The molecule has 2 atom stereocenters. The van der Waals surface area contributed by atoms with Crippen LogP contribution in [0.2, 0.25) is 0 Å². The van der Waals surface area contributed by atoms with E-state index in [4.69, 9.17) is 18.7 Å². The molecular formula is C23H26N2O5. The molecule has 0 unspecified atom stereocenters. The number of hydrogen-bond acceptors (Lipinski definition) is 7. The van der Waals surface area contributed by atoms with Crippen molar-refractivity contribution in [1.82, 2.24) is 10.1 Å². The lowest BCUT2D eigenvalue weighted by molar-refractivity contribution is -0.149. The molecule has 0 spiro atoms. The van der Waals surface area contributed by atoms with Crippen LogP contribution in [0.4, 0.5) is 0 Å². The molecule has 30 heavy (non-hydrogen) atoms. The number of methoxy groups -OCH3 is 2. The Hall–Kier alpha value is -3.35. The van der Waals surface area contributed by atoms with Gasteiger partial charge in [0.15, 0.2) is 6.61 Å². The van der Waals surface area contributed by atoms with Crippen LogP contribution < -0.4 is 9.47 Å². The summed E-state index contributed by atoms with van der Waals surface area (Å²) in [6, 6.07) is 15.0. The summed E-state index contributed by atoms with van der Waals surface area (Å²) in [6.07, 6.45) is 0.858. The van der Waals surface area contributed by atoms with Crippen LogP contribution in [0.1, 0.15) is 37.6 Å². The van der Waals surface area contributed by atoms with Crippen LogP contribution in [0.15, 0.2) is 53.1 Å². The fourth-order valence-corrected chi connectivity index (χ4v) is 3.22. The summed E-state index contributed by atoms with van der Waals surface area (Å²) >= 11 is 0. The third-order valence-corrected chi connectivity index (χ3v) is 5.08. The Morgan fingerprint density at radius 3 is 2.53 bits per heavy atom. The van der Waals surface area contributed by atoms with Crippen molar-refractivity contribution in [2.75, 3.05) is 14.2 Å². The van der Waals surface area contributed by atoms with Gasteiger partial charge in [0, 0.05) is 6.07 Å². The van der Waals surface area contributed by atoms with E-state index in [1.165, 1.54) is 0 Å². The molecule has 0 saturated carbocycles. The summed E-state index contributed by atoms with van der Waals surface area (Å²) in [5.41, 5.74) is 1.59. The molecule has 0 aliphatic carbocycles. The minimum absolute atomic E-state index is 0.0932. The molecule has 7 nitrogen and oxygen atoms in total. The van der Waals surface area contributed by atoms with Crippen molar-refractivity contribution < 1.29 is 23.5 Å². The van der Waals surface area contributed by atoms with Gasteiger partial charge in [-0.3, -0.25) is 4.79 Å². The van der Waals surface area contributed by atoms with E-state index in [1.54, 1.807) is 32.4 Å². The van der Waals surface area contributed by atoms with Crippen LogP contribution in [-0.2, 0) is 16.1 Å². The first-order chi connectivity index (χ1) is 14.6. The van der Waals surface area contributed by atoms with Crippen molar-refractivity contribution in [3.05, 3.63) is 60.0 Å². The van der Waals surface area contributed by atoms with E-state index in [0.717, 1.165) is 12.0 Å². The van der Waals surface area contributed by atoms with Crippen molar-refractivity contribution in [2.45, 2.75) is 32.8 Å². The minimum atomic E-state index is -0.347.